The van der Waals surface area contributed by atoms with Crippen molar-refractivity contribution in [2.75, 3.05) is 12.4 Å². The topological polar surface area (TPSA) is 119 Å². The van der Waals surface area contributed by atoms with Gasteiger partial charge >= 0.3 is 17.8 Å². The van der Waals surface area contributed by atoms with Gasteiger partial charge in [0.25, 0.3) is 0 Å². The molecule has 0 spiro atoms. The summed E-state index contributed by atoms with van der Waals surface area (Å²) in [6.07, 6.45) is 1.37. The second-order valence-electron chi connectivity index (χ2n) is 6.33. The van der Waals surface area contributed by atoms with Crippen molar-refractivity contribution in [3.05, 3.63) is 76.7 Å². The molecule has 32 heavy (non-hydrogen) atoms. The van der Waals surface area contributed by atoms with Crippen LogP contribution in [0, 0.1) is 0 Å². The summed E-state index contributed by atoms with van der Waals surface area (Å²) in [6, 6.07) is 14.6. The highest BCUT2D eigenvalue weighted by Crippen LogP contribution is 2.29. The van der Waals surface area contributed by atoms with Gasteiger partial charge < -0.3 is 19.2 Å². The Bertz CT molecular complexity index is 1160. The fourth-order valence-electron chi connectivity index (χ4n) is 2.49. The minimum Gasteiger partial charge on any atom is -0.493 e. The normalized spacial score (nSPS) is 10.9. The van der Waals surface area contributed by atoms with E-state index < -0.39 is 17.8 Å². The monoisotopic (exact) mass is 499 g/mol. The Morgan fingerprint density at radius 3 is 2.41 bits per heavy atom. The number of esters is 1. The van der Waals surface area contributed by atoms with Crippen LogP contribution >= 0.6 is 15.9 Å². The van der Waals surface area contributed by atoms with Gasteiger partial charge in [-0.05, 0) is 61.5 Å². The van der Waals surface area contributed by atoms with Crippen molar-refractivity contribution in [1.29, 1.82) is 0 Å². The molecule has 0 aliphatic heterocycles. The Morgan fingerprint density at radius 2 is 1.75 bits per heavy atom. The number of hydrazone groups is 1. The molecular formula is C22H18BrN3O6. The van der Waals surface area contributed by atoms with E-state index in [0.717, 1.165) is 4.47 Å². The molecule has 0 radical (unpaired) electrons. The molecule has 0 aliphatic rings. The number of carbonyl (C=O) groups excluding carboxylic acids is 3. The number of nitrogens with zero attached hydrogens (tertiary/aromatic N) is 1. The zero-order valence-corrected chi connectivity index (χ0v) is 18.6. The minimum absolute atomic E-state index is 0.0537. The molecule has 2 aromatic carbocycles. The molecule has 164 valence electrons. The Kier molecular flexibility index (Phi) is 7.40. The van der Waals surface area contributed by atoms with Crippen LogP contribution in [0.1, 0.15) is 23.0 Å². The number of carbonyl (C=O) groups is 3. The Hall–Kier alpha value is -3.92. The molecule has 0 bridgehead atoms. The quantitative estimate of drug-likeness (QED) is 0.175. The van der Waals surface area contributed by atoms with Crippen molar-refractivity contribution in [1.82, 2.24) is 5.43 Å². The maximum atomic E-state index is 12.1. The predicted molar refractivity (Wildman–Crippen MR) is 120 cm³/mol. The van der Waals surface area contributed by atoms with Gasteiger partial charge in [0.2, 0.25) is 5.76 Å². The van der Waals surface area contributed by atoms with Gasteiger partial charge in [-0.2, -0.15) is 5.10 Å². The van der Waals surface area contributed by atoms with Crippen molar-refractivity contribution < 1.29 is 28.3 Å². The lowest BCUT2D eigenvalue weighted by atomic mass is 10.1. The Labute approximate surface area is 191 Å². The van der Waals surface area contributed by atoms with E-state index in [-0.39, 0.29) is 17.3 Å². The maximum absolute atomic E-state index is 12.1. The standard InChI is InChI=1S/C22H18BrN3O6/c1-13(25-26-21(28)20(27)24-16-8-6-15(23)7-9-16)14-5-10-17(19(12-14)30-2)32-22(29)18-4-3-11-31-18/h3-12H,1-2H3,(H,24,27)(H,26,28). The first kappa shape index (κ1) is 22.8. The maximum Gasteiger partial charge on any atom is 0.379 e. The second kappa shape index (κ2) is 10.4. The van der Waals surface area contributed by atoms with E-state index >= 15 is 0 Å². The molecule has 3 aromatic rings. The van der Waals surface area contributed by atoms with E-state index in [1.807, 2.05) is 0 Å². The van der Waals surface area contributed by atoms with Gasteiger partial charge in [-0.1, -0.05) is 15.9 Å². The number of benzene rings is 2. The summed E-state index contributed by atoms with van der Waals surface area (Å²) in [7, 11) is 1.42. The van der Waals surface area contributed by atoms with Crippen LogP contribution in [0.4, 0.5) is 5.69 Å². The van der Waals surface area contributed by atoms with Crippen molar-refractivity contribution in [2.24, 2.45) is 5.10 Å². The number of furan rings is 1. The van der Waals surface area contributed by atoms with Gasteiger partial charge in [0.1, 0.15) is 0 Å². The molecule has 2 amide bonds. The molecule has 3 rings (SSSR count). The van der Waals surface area contributed by atoms with Crippen molar-refractivity contribution in [3.8, 4) is 11.5 Å². The molecule has 1 aromatic heterocycles. The summed E-state index contributed by atoms with van der Waals surface area (Å²) >= 11 is 3.29. The fourth-order valence-corrected chi connectivity index (χ4v) is 2.76. The van der Waals surface area contributed by atoms with Crippen LogP contribution in [0.5, 0.6) is 11.5 Å². The zero-order valence-electron chi connectivity index (χ0n) is 17.0. The lowest BCUT2D eigenvalue weighted by Crippen LogP contribution is -2.32. The van der Waals surface area contributed by atoms with Gasteiger partial charge in [0, 0.05) is 15.7 Å². The number of rotatable bonds is 6. The van der Waals surface area contributed by atoms with Crippen molar-refractivity contribution in [2.45, 2.75) is 6.92 Å². The van der Waals surface area contributed by atoms with Crippen LogP contribution in [0.3, 0.4) is 0 Å². The van der Waals surface area contributed by atoms with Gasteiger partial charge in [0.15, 0.2) is 11.5 Å². The highest BCUT2D eigenvalue weighted by Gasteiger charge is 2.16. The lowest BCUT2D eigenvalue weighted by molar-refractivity contribution is -0.136. The average Bonchev–Trinajstić information content (AvgIpc) is 3.34. The summed E-state index contributed by atoms with van der Waals surface area (Å²) in [5.74, 6) is -1.95. The third-order valence-electron chi connectivity index (χ3n) is 4.14. The predicted octanol–water partition coefficient (Wildman–Crippen LogP) is 3.75. The molecule has 10 heteroatoms. The first-order valence-corrected chi connectivity index (χ1v) is 10.0. The van der Waals surface area contributed by atoms with E-state index in [9.17, 15) is 14.4 Å². The highest BCUT2D eigenvalue weighted by molar-refractivity contribution is 9.10. The Morgan fingerprint density at radius 1 is 1.00 bits per heavy atom. The van der Waals surface area contributed by atoms with E-state index in [0.29, 0.717) is 17.0 Å². The van der Waals surface area contributed by atoms with Crippen LogP contribution in [0.15, 0.2) is 74.9 Å². The number of hydrogen-bond acceptors (Lipinski definition) is 7. The highest BCUT2D eigenvalue weighted by atomic mass is 79.9. The first-order chi connectivity index (χ1) is 15.4. The smallest absolute Gasteiger partial charge is 0.379 e. The fraction of sp³-hybridized carbons (Fsp3) is 0.0909. The first-order valence-electron chi connectivity index (χ1n) is 9.22. The van der Waals surface area contributed by atoms with E-state index in [1.165, 1.54) is 25.5 Å². The molecule has 0 unspecified atom stereocenters. The number of ether oxygens (including phenoxy) is 2. The van der Waals surface area contributed by atoms with E-state index in [4.69, 9.17) is 13.9 Å². The molecule has 9 nitrogen and oxygen atoms in total. The molecule has 0 saturated carbocycles. The minimum atomic E-state index is -0.928. The molecular weight excluding hydrogens is 482 g/mol. The molecule has 2 N–H and O–H groups in total. The number of anilines is 1. The van der Waals surface area contributed by atoms with Gasteiger partial charge in [-0.3, -0.25) is 9.59 Å². The van der Waals surface area contributed by atoms with Crippen LogP contribution in [-0.4, -0.2) is 30.6 Å². The van der Waals surface area contributed by atoms with Crippen LogP contribution in [0.2, 0.25) is 0 Å². The summed E-state index contributed by atoms with van der Waals surface area (Å²) in [5, 5.41) is 6.42. The summed E-state index contributed by atoms with van der Waals surface area (Å²) in [4.78, 5) is 36.1. The number of methoxy groups -OCH3 is 1. The van der Waals surface area contributed by atoms with Crippen LogP contribution < -0.4 is 20.2 Å². The molecule has 0 saturated heterocycles. The van der Waals surface area contributed by atoms with Crippen LogP contribution in [0.25, 0.3) is 0 Å². The van der Waals surface area contributed by atoms with Gasteiger partial charge in [0.05, 0.1) is 19.1 Å². The second-order valence-corrected chi connectivity index (χ2v) is 7.25. The summed E-state index contributed by atoms with van der Waals surface area (Å²) in [5.41, 5.74) is 3.65. The average molecular weight is 500 g/mol. The summed E-state index contributed by atoms with van der Waals surface area (Å²) < 4.78 is 16.4. The third kappa shape index (κ3) is 5.82. The van der Waals surface area contributed by atoms with Crippen LogP contribution in [-0.2, 0) is 9.59 Å². The largest absolute Gasteiger partial charge is 0.493 e. The lowest BCUT2D eigenvalue weighted by Gasteiger charge is -2.10. The molecule has 0 atom stereocenters. The number of hydrogen-bond donors (Lipinski definition) is 2. The van der Waals surface area contributed by atoms with Gasteiger partial charge in [-0.25, -0.2) is 10.2 Å². The summed E-state index contributed by atoms with van der Waals surface area (Å²) in [6.45, 7) is 1.64. The Balaban J connectivity index is 1.64. The molecule has 0 fully saturated rings. The third-order valence-corrected chi connectivity index (χ3v) is 4.67. The SMILES string of the molecule is COc1cc(C(C)=NNC(=O)C(=O)Nc2ccc(Br)cc2)ccc1OC(=O)c1ccco1. The number of halogens is 1. The molecule has 1 heterocycles. The zero-order chi connectivity index (χ0) is 23.1. The van der Waals surface area contributed by atoms with E-state index in [2.05, 4.69) is 31.8 Å². The van der Waals surface area contributed by atoms with E-state index in [1.54, 1.807) is 49.4 Å². The van der Waals surface area contributed by atoms with Gasteiger partial charge in [-0.15, -0.1) is 0 Å². The number of nitrogens with one attached hydrogen (secondary N) is 2. The van der Waals surface area contributed by atoms with Crippen molar-refractivity contribution in [3.63, 3.8) is 0 Å². The molecule has 0 aliphatic carbocycles. The van der Waals surface area contributed by atoms with Crippen molar-refractivity contribution >= 4 is 45.1 Å². The number of amides is 2.